The van der Waals surface area contributed by atoms with Gasteiger partial charge in [-0.15, -0.1) is 12.4 Å². The van der Waals surface area contributed by atoms with Gasteiger partial charge in [0.1, 0.15) is 0 Å². The molecule has 0 spiro atoms. The van der Waals surface area contributed by atoms with Crippen molar-refractivity contribution in [2.24, 2.45) is 5.92 Å². The molecule has 2 rings (SSSR count). The number of likely N-dealkylation sites (tertiary alicyclic amines) is 1. The van der Waals surface area contributed by atoms with E-state index < -0.39 is 5.97 Å². The molecule has 1 saturated heterocycles. The van der Waals surface area contributed by atoms with Crippen molar-refractivity contribution in [1.82, 2.24) is 9.80 Å². The average Bonchev–Trinajstić information content (AvgIpc) is 2.90. The molecule has 122 valence electrons. The summed E-state index contributed by atoms with van der Waals surface area (Å²) in [6.45, 7) is 4.07. The van der Waals surface area contributed by atoms with Crippen molar-refractivity contribution >= 4 is 24.3 Å². The number of aliphatic carboxylic acids is 1. The monoisotopic (exact) mass is 326 g/mol. The highest BCUT2D eigenvalue weighted by atomic mass is 35.5. The smallest absolute Gasteiger partial charge is 0.307 e. The Labute approximate surface area is 137 Å². The summed E-state index contributed by atoms with van der Waals surface area (Å²) >= 11 is 0. The van der Waals surface area contributed by atoms with Crippen LogP contribution in [0.3, 0.4) is 0 Å². The third-order valence-corrected chi connectivity index (χ3v) is 4.08. The minimum Gasteiger partial charge on any atom is -0.481 e. The molecule has 0 aliphatic carbocycles. The van der Waals surface area contributed by atoms with E-state index >= 15 is 0 Å². The van der Waals surface area contributed by atoms with Crippen molar-refractivity contribution in [3.05, 3.63) is 35.4 Å². The first-order valence-electron chi connectivity index (χ1n) is 7.21. The Hall–Kier alpha value is -1.59. The average molecular weight is 327 g/mol. The number of carbonyl (C=O) groups is 2. The van der Waals surface area contributed by atoms with Crippen LogP contribution in [0.4, 0.5) is 0 Å². The second kappa shape index (κ2) is 8.15. The number of benzene rings is 1. The molecule has 1 atom stereocenters. The van der Waals surface area contributed by atoms with Crippen molar-refractivity contribution < 1.29 is 14.7 Å². The maximum Gasteiger partial charge on any atom is 0.307 e. The first-order valence-corrected chi connectivity index (χ1v) is 7.21. The third kappa shape index (κ3) is 4.71. The van der Waals surface area contributed by atoms with Crippen LogP contribution in [-0.4, -0.2) is 53.5 Å². The minimum atomic E-state index is -0.766. The van der Waals surface area contributed by atoms with Crippen molar-refractivity contribution in [3.63, 3.8) is 0 Å². The lowest BCUT2D eigenvalue weighted by Gasteiger charge is -2.22. The highest BCUT2D eigenvalue weighted by molar-refractivity contribution is 5.85. The molecular formula is C16H23ClN2O3. The molecule has 6 heteroatoms. The molecule has 22 heavy (non-hydrogen) atoms. The zero-order valence-corrected chi connectivity index (χ0v) is 13.8. The first kappa shape index (κ1) is 18.5. The number of carboxylic acids is 1. The maximum absolute atomic E-state index is 12.2. The van der Waals surface area contributed by atoms with Crippen LogP contribution in [0, 0.1) is 12.8 Å². The quantitative estimate of drug-likeness (QED) is 0.896. The molecule has 1 unspecified atom stereocenters. The molecule has 1 aliphatic heterocycles. The summed E-state index contributed by atoms with van der Waals surface area (Å²) in [5.41, 5.74) is 2.31. The van der Waals surface area contributed by atoms with E-state index in [2.05, 4.69) is 0 Å². The predicted molar refractivity (Wildman–Crippen MR) is 87.1 cm³/mol. The van der Waals surface area contributed by atoms with Gasteiger partial charge >= 0.3 is 5.97 Å². The van der Waals surface area contributed by atoms with Crippen LogP contribution >= 0.6 is 12.4 Å². The second-order valence-electron chi connectivity index (χ2n) is 5.74. The Morgan fingerprint density at radius 1 is 1.36 bits per heavy atom. The van der Waals surface area contributed by atoms with Gasteiger partial charge in [0.05, 0.1) is 12.5 Å². The Kier molecular flexibility index (Phi) is 6.84. The standard InChI is InChI=1S/C16H22N2O3.ClH/c1-12-5-3-4-6-13(12)9-17(2)15(19)11-18-8-7-14(10-18)16(20)21;/h3-6,14H,7-11H2,1-2H3,(H,20,21);1H. The van der Waals surface area contributed by atoms with Crippen molar-refractivity contribution in [1.29, 1.82) is 0 Å². The Morgan fingerprint density at radius 2 is 2.05 bits per heavy atom. The molecule has 0 bridgehead atoms. The number of carboxylic acid groups (broad SMARTS) is 1. The molecule has 1 aromatic rings. The van der Waals surface area contributed by atoms with E-state index in [4.69, 9.17) is 5.11 Å². The number of likely N-dealkylation sites (N-methyl/N-ethyl adjacent to an activating group) is 1. The van der Waals surface area contributed by atoms with Gasteiger partial charge in [-0.25, -0.2) is 0 Å². The van der Waals surface area contributed by atoms with E-state index in [1.807, 2.05) is 36.1 Å². The molecule has 1 amide bonds. The van der Waals surface area contributed by atoms with Crippen LogP contribution in [0.1, 0.15) is 17.5 Å². The summed E-state index contributed by atoms with van der Waals surface area (Å²) < 4.78 is 0. The number of hydrogen-bond acceptors (Lipinski definition) is 3. The fourth-order valence-electron chi connectivity index (χ4n) is 2.62. The molecule has 5 nitrogen and oxygen atoms in total. The molecular weight excluding hydrogens is 304 g/mol. The summed E-state index contributed by atoms with van der Waals surface area (Å²) in [5.74, 6) is -1.07. The van der Waals surface area contributed by atoms with Gasteiger partial charge in [0.2, 0.25) is 5.91 Å². The number of carbonyl (C=O) groups excluding carboxylic acids is 1. The van der Waals surface area contributed by atoms with Crippen LogP contribution in [0.2, 0.25) is 0 Å². The van der Waals surface area contributed by atoms with Crippen LogP contribution in [0.25, 0.3) is 0 Å². The minimum absolute atomic E-state index is 0. The number of hydrogen-bond donors (Lipinski definition) is 1. The molecule has 1 aromatic carbocycles. The SMILES string of the molecule is Cc1ccccc1CN(C)C(=O)CN1CCC(C(=O)O)C1.Cl. The van der Waals surface area contributed by atoms with Gasteiger partial charge in [0, 0.05) is 20.1 Å². The fraction of sp³-hybridized carbons (Fsp3) is 0.500. The van der Waals surface area contributed by atoms with Crippen LogP contribution in [0.5, 0.6) is 0 Å². The number of aryl methyl sites for hydroxylation is 1. The molecule has 1 heterocycles. The lowest BCUT2D eigenvalue weighted by Crippen LogP contribution is -2.37. The largest absolute Gasteiger partial charge is 0.481 e. The van der Waals surface area contributed by atoms with E-state index in [1.165, 1.54) is 5.56 Å². The van der Waals surface area contributed by atoms with Gasteiger partial charge in [0.25, 0.3) is 0 Å². The number of nitrogens with zero attached hydrogens (tertiary/aromatic N) is 2. The van der Waals surface area contributed by atoms with E-state index in [1.54, 1.807) is 11.9 Å². The van der Waals surface area contributed by atoms with E-state index in [0.29, 0.717) is 32.6 Å². The lowest BCUT2D eigenvalue weighted by molar-refractivity contribution is -0.141. The third-order valence-electron chi connectivity index (χ3n) is 4.08. The topological polar surface area (TPSA) is 60.9 Å². The molecule has 0 saturated carbocycles. The highest BCUT2D eigenvalue weighted by Crippen LogP contribution is 2.16. The van der Waals surface area contributed by atoms with Crippen molar-refractivity contribution in [2.45, 2.75) is 19.9 Å². The summed E-state index contributed by atoms with van der Waals surface area (Å²) in [6, 6.07) is 8.01. The first-order chi connectivity index (χ1) is 9.97. The van der Waals surface area contributed by atoms with Gasteiger partial charge in [-0.05, 0) is 31.0 Å². The highest BCUT2D eigenvalue weighted by Gasteiger charge is 2.29. The summed E-state index contributed by atoms with van der Waals surface area (Å²) in [5, 5.41) is 8.98. The van der Waals surface area contributed by atoms with Gasteiger partial charge in [-0.2, -0.15) is 0 Å². The summed E-state index contributed by atoms with van der Waals surface area (Å²) in [4.78, 5) is 26.8. The molecule has 1 fully saturated rings. The van der Waals surface area contributed by atoms with Crippen LogP contribution in [-0.2, 0) is 16.1 Å². The van der Waals surface area contributed by atoms with E-state index in [9.17, 15) is 9.59 Å². The zero-order valence-electron chi connectivity index (χ0n) is 13.0. The molecule has 0 radical (unpaired) electrons. The Balaban J connectivity index is 0.00000242. The van der Waals surface area contributed by atoms with Gasteiger partial charge in [0.15, 0.2) is 0 Å². The van der Waals surface area contributed by atoms with Gasteiger partial charge in [-0.3, -0.25) is 14.5 Å². The van der Waals surface area contributed by atoms with Crippen molar-refractivity contribution in [3.8, 4) is 0 Å². The molecule has 1 aliphatic rings. The normalized spacial score (nSPS) is 17.8. The van der Waals surface area contributed by atoms with Crippen LogP contribution < -0.4 is 0 Å². The Bertz CT molecular complexity index is 536. The predicted octanol–water partition coefficient (Wildman–Crippen LogP) is 1.78. The molecule has 0 aromatic heterocycles. The maximum atomic E-state index is 12.2. The number of rotatable bonds is 5. The lowest BCUT2D eigenvalue weighted by atomic mass is 10.1. The van der Waals surface area contributed by atoms with Crippen molar-refractivity contribution in [2.75, 3.05) is 26.7 Å². The van der Waals surface area contributed by atoms with Gasteiger partial charge in [-0.1, -0.05) is 24.3 Å². The van der Waals surface area contributed by atoms with E-state index in [-0.39, 0.29) is 24.2 Å². The Morgan fingerprint density at radius 3 is 2.64 bits per heavy atom. The fourth-order valence-corrected chi connectivity index (χ4v) is 2.62. The summed E-state index contributed by atoms with van der Waals surface area (Å²) in [6.07, 6.45) is 0.629. The zero-order chi connectivity index (χ0) is 15.4. The van der Waals surface area contributed by atoms with E-state index in [0.717, 1.165) is 5.56 Å². The second-order valence-corrected chi connectivity index (χ2v) is 5.74. The van der Waals surface area contributed by atoms with Crippen LogP contribution in [0.15, 0.2) is 24.3 Å². The van der Waals surface area contributed by atoms with Gasteiger partial charge < -0.3 is 10.0 Å². The molecule has 1 N–H and O–H groups in total. The summed E-state index contributed by atoms with van der Waals surface area (Å²) in [7, 11) is 1.79. The number of amides is 1. The number of halogens is 1.